The summed E-state index contributed by atoms with van der Waals surface area (Å²) in [6.07, 6.45) is -0.633. The molecule has 5 rings (SSSR count). The number of carbonyl (C=O) groups is 3. The number of methoxy groups -OCH3 is 1. The Labute approximate surface area is 246 Å². The molecular weight excluding hydrogens is 561 g/mol. The Balaban J connectivity index is 1.18. The van der Waals surface area contributed by atoms with Gasteiger partial charge in [-0.05, 0) is 57.2 Å². The summed E-state index contributed by atoms with van der Waals surface area (Å²) >= 11 is 1.28. The molecular formula is C31H30FN3O6S. The highest BCUT2D eigenvalue weighted by atomic mass is 32.1. The van der Waals surface area contributed by atoms with Crippen molar-refractivity contribution in [3.63, 3.8) is 0 Å². The molecule has 1 aliphatic heterocycles. The fraction of sp³-hybridized carbons (Fsp3) is 0.290. The van der Waals surface area contributed by atoms with Gasteiger partial charge in [0.25, 0.3) is 5.91 Å². The molecule has 4 aromatic rings. The predicted octanol–water partition coefficient (Wildman–Crippen LogP) is 5.72. The van der Waals surface area contributed by atoms with E-state index >= 15 is 0 Å². The first-order valence-electron chi connectivity index (χ1n) is 13.3. The van der Waals surface area contributed by atoms with Gasteiger partial charge in [0.2, 0.25) is 0 Å². The van der Waals surface area contributed by atoms with Gasteiger partial charge in [0.15, 0.2) is 17.3 Å². The van der Waals surface area contributed by atoms with Crippen LogP contribution in [-0.4, -0.2) is 66.1 Å². The standard InChI is InChI=1S/C31H30FN3O6S/c1-31(2,3)41-30(38)35-15-19(16-35)40-26-12-11-18(13-27(26)39-4)29(37)33-14-25(36)24-10-6-9-23(34-24)21-17-42-28-20(21)7-5-8-22(28)32/h5-13,17,19H,14-16H2,1-4H3,(H,33,37). The summed E-state index contributed by atoms with van der Waals surface area (Å²) in [5, 5.41) is 5.17. The molecule has 3 heterocycles. The third-order valence-electron chi connectivity index (χ3n) is 6.49. The van der Waals surface area contributed by atoms with Gasteiger partial charge in [-0.1, -0.05) is 18.2 Å². The third kappa shape index (κ3) is 6.36. The van der Waals surface area contributed by atoms with E-state index in [9.17, 15) is 18.8 Å². The number of aromatic nitrogens is 1. The summed E-state index contributed by atoms with van der Waals surface area (Å²) in [4.78, 5) is 43.9. The lowest BCUT2D eigenvalue weighted by atomic mass is 10.1. The number of ether oxygens (including phenoxy) is 3. The first-order chi connectivity index (χ1) is 20.0. The normalized spacial score (nSPS) is 13.4. The topological polar surface area (TPSA) is 107 Å². The van der Waals surface area contributed by atoms with Crippen molar-refractivity contribution in [3.05, 3.63) is 77.1 Å². The molecule has 9 nitrogen and oxygen atoms in total. The number of ketones is 1. The number of amides is 2. The molecule has 2 aromatic heterocycles. The maximum Gasteiger partial charge on any atom is 0.410 e. The lowest BCUT2D eigenvalue weighted by Gasteiger charge is -2.39. The van der Waals surface area contributed by atoms with Gasteiger partial charge >= 0.3 is 6.09 Å². The number of nitrogens with one attached hydrogen (secondary N) is 1. The fourth-order valence-electron chi connectivity index (χ4n) is 4.39. The van der Waals surface area contributed by atoms with E-state index in [0.717, 1.165) is 10.9 Å². The molecule has 0 unspecified atom stereocenters. The SMILES string of the molecule is COc1cc(C(=O)NCC(=O)c2cccc(-c3csc4c(F)cccc34)n2)ccc1OC1CN(C(=O)OC(C)(C)C)C1. The number of hydrogen-bond acceptors (Lipinski definition) is 8. The van der Waals surface area contributed by atoms with Crippen LogP contribution in [0, 0.1) is 5.82 Å². The number of halogens is 1. The monoisotopic (exact) mass is 591 g/mol. The summed E-state index contributed by atoms with van der Waals surface area (Å²) < 4.78 is 31.4. The second-order valence-corrected chi connectivity index (χ2v) is 11.7. The predicted molar refractivity (Wildman–Crippen MR) is 157 cm³/mol. The Bertz CT molecular complexity index is 1660. The number of benzene rings is 2. The average Bonchev–Trinajstić information content (AvgIpc) is 3.38. The second-order valence-electron chi connectivity index (χ2n) is 10.8. The quantitative estimate of drug-likeness (QED) is 0.261. The number of carbonyl (C=O) groups excluding carboxylic acids is 3. The van der Waals surface area contributed by atoms with Crippen molar-refractivity contribution in [3.8, 4) is 22.8 Å². The van der Waals surface area contributed by atoms with Gasteiger partial charge in [-0.3, -0.25) is 9.59 Å². The Morgan fingerprint density at radius 1 is 1.07 bits per heavy atom. The molecule has 2 aromatic carbocycles. The van der Waals surface area contributed by atoms with Gasteiger partial charge in [-0.25, -0.2) is 14.2 Å². The van der Waals surface area contributed by atoms with Crippen LogP contribution in [0.3, 0.4) is 0 Å². The van der Waals surface area contributed by atoms with Crippen LogP contribution >= 0.6 is 11.3 Å². The number of fused-ring (bicyclic) bond motifs is 1. The van der Waals surface area contributed by atoms with E-state index in [1.165, 1.54) is 30.6 Å². The van der Waals surface area contributed by atoms with Crippen LogP contribution < -0.4 is 14.8 Å². The Morgan fingerprint density at radius 3 is 2.57 bits per heavy atom. The van der Waals surface area contributed by atoms with Gasteiger partial charge in [-0.15, -0.1) is 11.3 Å². The Morgan fingerprint density at radius 2 is 1.83 bits per heavy atom. The summed E-state index contributed by atoms with van der Waals surface area (Å²) in [7, 11) is 1.46. The molecule has 1 aliphatic rings. The Kier molecular flexibility index (Phi) is 8.13. The molecule has 0 spiro atoms. The van der Waals surface area contributed by atoms with E-state index in [-0.39, 0.29) is 35.5 Å². The van der Waals surface area contributed by atoms with Crippen molar-refractivity contribution in [1.82, 2.24) is 15.2 Å². The fourth-order valence-corrected chi connectivity index (χ4v) is 5.36. The first-order valence-corrected chi connectivity index (χ1v) is 14.2. The van der Waals surface area contributed by atoms with Crippen molar-refractivity contribution >= 4 is 39.2 Å². The smallest absolute Gasteiger partial charge is 0.410 e. The maximum atomic E-state index is 14.1. The van der Waals surface area contributed by atoms with E-state index in [4.69, 9.17) is 14.2 Å². The molecule has 1 N–H and O–H groups in total. The summed E-state index contributed by atoms with van der Waals surface area (Å²) in [5.74, 6) is -0.368. The molecule has 0 radical (unpaired) electrons. The molecule has 1 fully saturated rings. The van der Waals surface area contributed by atoms with Crippen LogP contribution in [-0.2, 0) is 4.74 Å². The van der Waals surface area contributed by atoms with Gasteiger partial charge in [-0.2, -0.15) is 0 Å². The van der Waals surface area contributed by atoms with E-state index in [1.54, 1.807) is 41.3 Å². The zero-order chi connectivity index (χ0) is 30.0. The van der Waals surface area contributed by atoms with E-state index < -0.39 is 17.6 Å². The molecule has 1 saturated heterocycles. The van der Waals surface area contributed by atoms with Crippen LogP contribution in [0.5, 0.6) is 11.5 Å². The highest BCUT2D eigenvalue weighted by Gasteiger charge is 2.35. The minimum atomic E-state index is -0.574. The largest absolute Gasteiger partial charge is 0.493 e. The molecule has 0 saturated carbocycles. The van der Waals surface area contributed by atoms with E-state index in [2.05, 4.69) is 10.3 Å². The van der Waals surface area contributed by atoms with Crippen LogP contribution in [0.2, 0.25) is 0 Å². The molecule has 0 aliphatic carbocycles. The van der Waals surface area contributed by atoms with Crippen LogP contribution in [0.25, 0.3) is 21.3 Å². The minimum Gasteiger partial charge on any atom is -0.493 e. The number of Topliss-reactive ketones (excluding diaryl/α,β-unsaturated/α-hetero) is 1. The summed E-state index contributed by atoms with van der Waals surface area (Å²) in [6, 6.07) is 14.6. The van der Waals surface area contributed by atoms with Gasteiger partial charge in [0.05, 0.1) is 37.1 Å². The van der Waals surface area contributed by atoms with Crippen LogP contribution in [0.4, 0.5) is 9.18 Å². The lowest BCUT2D eigenvalue weighted by molar-refractivity contribution is -0.0226. The van der Waals surface area contributed by atoms with Crippen molar-refractivity contribution in [2.45, 2.75) is 32.5 Å². The van der Waals surface area contributed by atoms with Crippen LogP contribution in [0.15, 0.2) is 60.0 Å². The molecule has 42 heavy (non-hydrogen) atoms. The number of likely N-dealkylation sites (tertiary alicyclic amines) is 1. The number of hydrogen-bond donors (Lipinski definition) is 1. The highest BCUT2D eigenvalue weighted by molar-refractivity contribution is 7.17. The minimum absolute atomic E-state index is 0.186. The molecule has 2 amide bonds. The number of rotatable bonds is 8. The van der Waals surface area contributed by atoms with Crippen molar-refractivity contribution < 1.29 is 33.0 Å². The van der Waals surface area contributed by atoms with Gasteiger partial charge in [0.1, 0.15) is 23.2 Å². The number of thiophene rings is 1. The molecule has 11 heteroatoms. The highest BCUT2D eigenvalue weighted by Crippen LogP contribution is 2.34. The number of nitrogens with zero attached hydrogens (tertiary/aromatic N) is 2. The number of pyridine rings is 1. The Hall–Kier alpha value is -4.51. The zero-order valence-corrected chi connectivity index (χ0v) is 24.4. The van der Waals surface area contributed by atoms with E-state index in [1.807, 2.05) is 32.2 Å². The maximum absolute atomic E-state index is 14.1. The van der Waals surface area contributed by atoms with Crippen molar-refractivity contribution in [2.75, 3.05) is 26.7 Å². The van der Waals surface area contributed by atoms with Gasteiger partial charge in [0, 0.05) is 21.9 Å². The van der Waals surface area contributed by atoms with E-state index in [0.29, 0.717) is 35.0 Å². The third-order valence-corrected chi connectivity index (χ3v) is 7.50. The molecule has 0 bridgehead atoms. The van der Waals surface area contributed by atoms with Crippen LogP contribution in [0.1, 0.15) is 41.6 Å². The van der Waals surface area contributed by atoms with Gasteiger partial charge < -0.3 is 24.4 Å². The van der Waals surface area contributed by atoms with Crippen molar-refractivity contribution in [1.29, 1.82) is 0 Å². The summed E-state index contributed by atoms with van der Waals surface area (Å²) in [5.41, 5.74) is 1.18. The summed E-state index contributed by atoms with van der Waals surface area (Å²) in [6.45, 7) is 5.90. The average molecular weight is 592 g/mol. The molecule has 0 atom stereocenters. The lowest BCUT2D eigenvalue weighted by Crippen LogP contribution is -2.57. The van der Waals surface area contributed by atoms with Crippen molar-refractivity contribution in [2.24, 2.45) is 0 Å². The first kappa shape index (κ1) is 29.0. The zero-order valence-electron chi connectivity index (χ0n) is 23.6. The molecule has 218 valence electrons. The second kappa shape index (κ2) is 11.8.